The quantitative estimate of drug-likeness (QED) is 0.564. The van der Waals surface area contributed by atoms with Crippen LogP contribution in [-0.2, 0) is 6.42 Å². The van der Waals surface area contributed by atoms with Crippen molar-refractivity contribution < 1.29 is 24.2 Å². The molecule has 0 fully saturated rings. The fourth-order valence-electron chi connectivity index (χ4n) is 2.82. The van der Waals surface area contributed by atoms with Gasteiger partial charge < -0.3 is 24.6 Å². The largest absolute Gasteiger partial charge is 0.507 e. The third kappa shape index (κ3) is 3.54. The van der Waals surface area contributed by atoms with E-state index in [1.807, 2.05) is 6.08 Å². The molecular formula is C18H18N2O6S. The summed E-state index contributed by atoms with van der Waals surface area (Å²) in [4.78, 5) is 11.2. The molecule has 0 amide bonds. The minimum atomic E-state index is -0.409. The molecule has 0 atom stereocenters. The first-order valence-electron chi connectivity index (χ1n) is 7.92. The number of allylic oxidation sites excluding steroid dienone is 2. The molecule has 0 radical (unpaired) electrons. The normalized spacial score (nSPS) is 14.2. The molecule has 0 bridgehead atoms. The molecule has 1 aliphatic heterocycles. The lowest BCUT2D eigenvalue weighted by Crippen LogP contribution is -2.10. The first-order valence-corrected chi connectivity index (χ1v) is 8.74. The third-order valence-corrected chi connectivity index (χ3v) is 5.07. The second-order valence-electron chi connectivity index (χ2n) is 5.58. The van der Waals surface area contributed by atoms with E-state index in [2.05, 4.69) is 5.32 Å². The summed E-state index contributed by atoms with van der Waals surface area (Å²) in [5.74, 6) is 1.23. The smallest absolute Gasteiger partial charge is 0.324 e. The fourth-order valence-corrected chi connectivity index (χ4v) is 3.60. The molecular weight excluding hydrogens is 372 g/mol. The van der Waals surface area contributed by atoms with Gasteiger partial charge in [0.05, 0.1) is 37.5 Å². The molecule has 2 N–H and O–H groups in total. The number of ether oxygens (including phenoxy) is 3. The number of benzene rings is 1. The number of aliphatic hydroxyl groups excluding tert-OH is 1. The predicted molar refractivity (Wildman–Crippen MR) is 103 cm³/mol. The van der Waals surface area contributed by atoms with Gasteiger partial charge in [0.15, 0.2) is 11.5 Å². The fraction of sp³-hybridized carbons (Fsp3) is 0.222. The number of methoxy groups -OCH3 is 3. The van der Waals surface area contributed by atoms with Gasteiger partial charge in [0.2, 0.25) is 5.75 Å². The van der Waals surface area contributed by atoms with Crippen LogP contribution in [0.5, 0.6) is 17.2 Å². The van der Waals surface area contributed by atoms with E-state index in [-0.39, 0.29) is 10.8 Å². The average molecular weight is 390 g/mol. The van der Waals surface area contributed by atoms with Gasteiger partial charge in [-0.25, -0.2) is 0 Å². The summed E-state index contributed by atoms with van der Waals surface area (Å²) < 4.78 is 16.1. The lowest BCUT2D eigenvalue weighted by atomic mass is 10.0. The number of rotatable bonds is 6. The summed E-state index contributed by atoms with van der Waals surface area (Å²) in [5, 5.41) is 24.6. The Morgan fingerprint density at radius 2 is 1.96 bits per heavy atom. The minimum Gasteiger partial charge on any atom is -0.507 e. The second-order valence-corrected chi connectivity index (χ2v) is 6.73. The maximum Gasteiger partial charge on any atom is 0.324 e. The minimum absolute atomic E-state index is 0.0185. The molecule has 1 aromatic heterocycles. The van der Waals surface area contributed by atoms with Crippen molar-refractivity contribution in [1.82, 2.24) is 0 Å². The Balaban J connectivity index is 1.93. The number of fused-ring (bicyclic) bond motifs is 1. The van der Waals surface area contributed by atoms with Crippen LogP contribution in [0.2, 0.25) is 0 Å². The number of aliphatic hydroxyl groups is 1. The van der Waals surface area contributed by atoms with E-state index in [0.29, 0.717) is 40.6 Å². The molecule has 1 aliphatic rings. The molecule has 2 heterocycles. The van der Waals surface area contributed by atoms with Crippen LogP contribution in [-0.4, -0.2) is 31.4 Å². The summed E-state index contributed by atoms with van der Waals surface area (Å²) in [6.07, 6.45) is 3.90. The number of nitrogens with one attached hydrogen (secondary N) is 1. The first-order chi connectivity index (χ1) is 13.0. The molecule has 0 unspecified atom stereocenters. The number of nitro groups is 1. The van der Waals surface area contributed by atoms with E-state index in [0.717, 1.165) is 16.2 Å². The van der Waals surface area contributed by atoms with Gasteiger partial charge in [0.1, 0.15) is 5.76 Å². The van der Waals surface area contributed by atoms with Crippen LogP contribution in [0.3, 0.4) is 0 Å². The molecule has 0 spiro atoms. The van der Waals surface area contributed by atoms with Crippen LogP contribution in [0.25, 0.3) is 5.76 Å². The summed E-state index contributed by atoms with van der Waals surface area (Å²) >= 11 is 1.12. The van der Waals surface area contributed by atoms with Crippen LogP contribution < -0.4 is 19.5 Å². The summed E-state index contributed by atoms with van der Waals surface area (Å²) in [7, 11) is 4.50. The van der Waals surface area contributed by atoms with Crippen LogP contribution in [0.15, 0.2) is 36.0 Å². The zero-order chi connectivity index (χ0) is 19.6. The van der Waals surface area contributed by atoms with E-state index >= 15 is 0 Å². The van der Waals surface area contributed by atoms with Gasteiger partial charge in [-0.1, -0.05) is 17.4 Å². The van der Waals surface area contributed by atoms with E-state index in [1.165, 1.54) is 27.4 Å². The summed E-state index contributed by atoms with van der Waals surface area (Å²) in [5.41, 5.74) is 1.73. The highest BCUT2D eigenvalue weighted by Crippen LogP contribution is 2.48. The Hall–Kier alpha value is -3.20. The van der Waals surface area contributed by atoms with Crippen LogP contribution in [0.4, 0.5) is 10.7 Å². The zero-order valence-corrected chi connectivity index (χ0v) is 15.8. The van der Waals surface area contributed by atoms with Crippen LogP contribution >= 0.6 is 11.3 Å². The van der Waals surface area contributed by atoms with Gasteiger partial charge >= 0.3 is 5.00 Å². The number of hydrogen-bond donors (Lipinski definition) is 2. The average Bonchev–Trinajstić information content (AvgIpc) is 3.14. The molecule has 0 saturated heterocycles. The van der Waals surface area contributed by atoms with E-state index < -0.39 is 4.92 Å². The van der Waals surface area contributed by atoms with Crippen molar-refractivity contribution in [3.05, 3.63) is 56.6 Å². The molecule has 3 rings (SSSR count). The second kappa shape index (κ2) is 7.58. The van der Waals surface area contributed by atoms with Crippen molar-refractivity contribution in [3.8, 4) is 17.2 Å². The monoisotopic (exact) mass is 390 g/mol. The maximum absolute atomic E-state index is 10.8. The number of thiophene rings is 1. The first kappa shape index (κ1) is 18.6. The van der Waals surface area contributed by atoms with Gasteiger partial charge in [0, 0.05) is 35.2 Å². The van der Waals surface area contributed by atoms with Gasteiger partial charge in [-0.2, -0.15) is 0 Å². The number of hydrogen-bond acceptors (Lipinski definition) is 8. The lowest BCUT2D eigenvalue weighted by Gasteiger charge is -2.23. The zero-order valence-electron chi connectivity index (χ0n) is 14.9. The van der Waals surface area contributed by atoms with Crippen molar-refractivity contribution >= 4 is 27.8 Å². The topological polar surface area (TPSA) is 103 Å². The molecule has 0 aliphatic carbocycles. The molecule has 142 valence electrons. The van der Waals surface area contributed by atoms with Gasteiger partial charge in [0.25, 0.3) is 0 Å². The van der Waals surface area contributed by atoms with E-state index in [1.54, 1.807) is 18.2 Å². The van der Waals surface area contributed by atoms with Crippen molar-refractivity contribution in [1.29, 1.82) is 0 Å². The molecule has 0 saturated carbocycles. The summed E-state index contributed by atoms with van der Waals surface area (Å²) in [6, 6.07) is 4.91. The van der Waals surface area contributed by atoms with E-state index in [9.17, 15) is 15.2 Å². The lowest BCUT2D eigenvalue weighted by molar-refractivity contribution is -0.380. The Morgan fingerprint density at radius 3 is 2.56 bits per heavy atom. The van der Waals surface area contributed by atoms with E-state index in [4.69, 9.17) is 14.2 Å². The Morgan fingerprint density at radius 1 is 1.22 bits per heavy atom. The maximum atomic E-state index is 10.8. The van der Waals surface area contributed by atoms with Crippen molar-refractivity contribution in [2.75, 3.05) is 26.6 Å². The Labute approximate surface area is 159 Å². The highest BCUT2D eigenvalue weighted by molar-refractivity contribution is 7.15. The molecule has 27 heavy (non-hydrogen) atoms. The van der Waals surface area contributed by atoms with Crippen molar-refractivity contribution in [2.24, 2.45) is 0 Å². The van der Waals surface area contributed by atoms with Crippen molar-refractivity contribution in [3.63, 3.8) is 0 Å². The van der Waals surface area contributed by atoms with Crippen LogP contribution in [0, 0.1) is 10.1 Å². The third-order valence-electron chi connectivity index (χ3n) is 4.01. The van der Waals surface area contributed by atoms with Gasteiger partial charge in [-0.05, 0) is 6.07 Å². The Bertz CT molecular complexity index is 948. The highest BCUT2D eigenvalue weighted by Gasteiger charge is 2.26. The summed E-state index contributed by atoms with van der Waals surface area (Å²) in [6.45, 7) is 0. The molecule has 2 aromatic rings. The molecule has 1 aromatic carbocycles. The Kier molecular flexibility index (Phi) is 5.22. The van der Waals surface area contributed by atoms with Gasteiger partial charge in [-0.15, -0.1) is 0 Å². The van der Waals surface area contributed by atoms with Crippen molar-refractivity contribution in [2.45, 2.75) is 6.42 Å². The number of anilines is 1. The van der Waals surface area contributed by atoms with Gasteiger partial charge in [-0.3, -0.25) is 10.1 Å². The standard InChI is InChI=1S/C18H18N2O6S/c1-24-14-9-12-16(18(26-3)17(14)25-2)13(21)8-10(19-12)4-5-11-6-7-15(27-11)20(22)23/h4,6-9,19,21H,5H2,1-3H3/b10-4+. The van der Waals surface area contributed by atoms with Crippen LogP contribution in [0.1, 0.15) is 10.4 Å². The highest BCUT2D eigenvalue weighted by atomic mass is 32.1. The predicted octanol–water partition coefficient (Wildman–Crippen LogP) is 4.13. The number of nitrogens with zero attached hydrogens (tertiary/aromatic N) is 1. The molecule has 9 heteroatoms. The molecule has 8 nitrogen and oxygen atoms in total. The SMILES string of the molecule is COc1cc2c(c(OC)c1OC)C(O)=C/C(=C\Cc1ccc([N+](=O)[O-])s1)N2.